The molecule has 0 aromatic rings. The molecule has 11 heavy (non-hydrogen) atoms. The van der Waals surface area contributed by atoms with Crippen LogP contribution in [0.15, 0.2) is 36.5 Å². The molecule has 2 nitrogen and oxygen atoms in total. The Bertz CT molecular complexity index is 200. The van der Waals surface area contributed by atoms with Gasteiger partial charge in [0.2, 0.25) is 0 Å². The third-order valence-corrected chi connectivity index (χ3v) is 1.17. The topological polar surface area (TPSA) is 37.3 Å². The van der Waals surface area contributed by atoms with Gasteiger partial charge in [-0.15, -0.1) is 0 Å². The maximum atomic E-state index is 10.2. The predicted octanol–water partition coefficient (Wildman–Crippen LogP) is 2.15. The van der Waals surface area contributed by atoms with Crippen LogP contribution in [0.4, 0.5) is 0 Å². The molecule has 0 aromatic heterocycles. The van der Waals surface area contributed by atoms with Crippen molar-refractivity contribution in [1.82, 2.24) is 0 Å². The van der Waals surface area contributed by atoms with E-state index in [4.69, 9.17) is 5.11 Å². The van der Waals surface area contributed by atoms with E-state index in [0.29, 0.717) is 0 Å². The fraction of sp³-hybridized carbons (Fsp3) is 0.222. The summed E-state index contributed by atoms with van der Waals surface area (Å²) in [6.45, 7) is 5.30. The summed E-state index contributed by atoms with van der Waals surface area (Å²) in [5.41, 5.74) is 0.789. The molecule has 0 saturated heterocycles. The Labute approximate surface area is 66.5 Å². The largest absolute Gasteiger partial charge is 0.481 e. The second-order valence-electron chi connectivity index (χ2n) is 2.03. The molecule has 0 unspecified atom stereocenters. The summed E-state index contributed by atoms with van der Waals surface area (Å²) < 4.78 is 0. The lowest BCUT2D eigenvalue weighted by Gasteiger charge is -1.93. The van der Waals surface area contributed by atoms with E-state index in [1.54, 1.807) is 24.3 Å². The van der Waals surface area contributed by atoms with Crippen LogP contribution in [0.5, 0.6) is 0 Å². The van der Waals surface area contributed by atoms with Crippen molar-refractivity contribution in [3.05, 3.63) is 36.5 Å². The fourth-order valence-corrected chi connectivity index (χ4v) is 0.623. The first-order valence-electron chi connectivity index (χ1n) is 3.36. The Morgan fingerprint density at radius 1 is 1.64 bits per heavy atom. The van der Waals surface area contributed by atoms with Crippen LogP contribution in [-0.4, -0.2) is 11.1 Å². The normalized spacial score (nSPS) is 11.9. The predicted molar refractivity (Wildman–Crippen MR) is 45.3 cm³/mol. The fourth-order valence-electron chi connectivity index (χ4n) is 0.623. The molecule has 2 heteroatoms. The van der Waals surface area contributed by atoms with Crippen molar-refractivity contribution in [2.75, 3.05) is 0 Å². The summed E-state index contributed by atoms with van der Waals surface area (Å²) in [6.07, 6.45) is 6.92. The molecule has 0 aliphatic rings. The molecule has 0 aliphatic carbocycles. The summed E-state index contributed by atoms with van der Waals surface area (Å²) in [7, 11) is 0. The Morgan fingerprint density at radius 2 is 2.27 bits per heavy atom. The number of hydrogen-bond acceptors (Lipinski definition) is 1. The molecule has 0 radical (unpaired) electrons. The smallest absolute Gasteiger partial charge is 0.307 e. The number of aliphatic carboxylic acids is 1. The molecule has 0 fully saturated rings. The zero-order valence-electron chi connectivity index (χ0n) is 6.58. The van der Waals surface area contributed by atoms with E-state index >= 15 is 0 Å². The van der Waals surface area contributed by atoms with Crippen LogP contribution in [0.2, 0.25) is 0 Å². The molecule has 0 atom stereocenters. The highest BCUT2D eigenvalue weighted by Crippen LogP contribution is 2.02. The van der Waals surface area contributed by atoms with Crippen molar-refractivity contribution < 1.29 is 9.90 Å². The van der Waals surface area contributed by atoms with Crippen LogP contribution >= 0.6 is 0 Å². The van der Waals surface area contributed by atoms with Gasteiger partial charge in [0.1, 0.15) is 0 Å². The maximum Gasteiger partial charge on any atom is 0.307 e. The quantitative estimate of drug-likeness (QED) is 0.627. The first kappa shape index (κ1) is 9.69. The molecular weight excluding hydrogens is 140 g/mol. The minimum Gasteiger partial charge on any atom is -0.481 e. The molecule has 0 bridgehead atoms. The SMILES string of the molecule is C=C/C=C\C(=C/C)CC(=O)O. The van der Waals surface area contributed by atoms with Crippen LogP contribution in [-0.2, 0) is 4.79 Å². The van der Waals surface area contributed by atoms with Crippen molar-refractivity contribution in [2.45, 2.75) is 13.3 Å². The minimum atomic E-state index is -0.813. The zero-order chi connectivity index (χ0) is 8.69. The van der Waals surface area contributed by atoms with E-state index < -0.39 is 5.97 Å². The molecule has 0 spiro atoms. The molecule has 60 valence electrons. The van der Waals surface area contributed by atoms with Crippen molar-refractivity contribution in [2.24, 2.45) is 0 Å². The van der Waals surface area contributed by atoms with Gasteiger partial charge in [-0.2, -0.15) is 0 Å². The van der Waals surface area contributed by atoms with Gasteiger partial charge in [-0.05, 0) is 12.5 Å². The number of carboxylic acids is 1. The number of carbonyl (C=O) groups is 1. The lowest BCUT2D eigenvalue weighted by molar-refractivity contribution is -0.136. The lowest BCUT2D eigenvalue weighted by Crippen LogP contribution is -1.94. The maximum absolute atomic E-state index is 10.2. The average Bonchev–Trinajstić information content (AvgIpc) is 1.97. The van der Waals surface area contributed by atoms with Gasteiger partial charge in [-0.25, -0.2) is 0 Å². The highest BCUT2D eigenvalue weighted by Gasteiger charge is 1.97. The standard InChI is InChI=1S/C9H12O2/c1-3-5-6-8(4-2)7-9(10)11/h3-6H,1,7H2,2H3,(H,10,11)/b6-5-,8-4+. The average molecular weight is 152 g/mol. The van der Waals surface area contributed by atoms with Gasteiger partial charge in [-0.3, -0.25) is 4.79 Å². The third kappa shape index (κ3) is 5.15. The van der Waals surface area contributed by atoms with Crippen molar-refractivity contribution in [1.29, 1.82) is 0 Å². The van der Waals surface area contributed by atoms with Crippen LogP contribution in [0.3, 0.4) is 0 Å². The van der Waals surface area contributed by atoms with Crippen LogP contribution < -0.4 is 0 Å². The van der Waals surface area contributed by atoms with Crippen LogP contribution in [0, 0.1) is 0 Å². The summed E-state index contributed by atoms with van der Waals surface area (Å²) >= 11 is 0. The Hall–Kier alpha value is -1.31. The van der Waals surface area contributed by atoms with Crippen molar-refractivity contribution in [3.8, 4) is 0 Å². The Balaban J connectivity index is 4.08. The Morgan fingerprint density at radius 3 is 2.64 bits per heavy atom. The van der Waals surface area contributed by atoms with E-state index in [2.05, 4.69) is 6.58 Å². The van der Waals surface area contributed by atoms with Crippen LogP contribution in [0.25, 0.3) is 0 Å². The number of hydrogen-bond donors (Lipinski definition) is 1. The zero-order valence-corrected chi connectivity index (χ0v) is 6.58. The number of rotatable bonds is 4. The van der Waals surface area contributed by atoms with Crippen molar-refractivity contribution in [3.63, 3.8) is 0 Å². The van der Waals surface area contributed by atoms with Gasteiger partial charge in [-0.1, -0.05) is 30.9 Å². The molecule has 0 aromatic carbocycles. The molecule has 0 aliphatic heterocycles. The van der Waals surface area contributed by atoms with Gasteiger partial charge in [0.15, 0.2) is 0 Å². The molecule has 0 amide bonds. The molecule has 0 rings (SSSR count). The second kappa shape index (κ2) is 5.47. The molecule has 1 N–H and O–H groups in total. The minimum absolute atomic E-state index is 0.0703. The number of allylic oxidation sites excluding steroid dienone is 4. The highest BCUT2D eigenvalue weighted by atomic mass is 16.4. The highest BCUT2D eigenvalue weighted by molar-refractivity contribution is 5.70. The summed E-state index contributed by atoms with van der Waals surface area (Å²) in [5, 5.41) is 8.41. The van der Waals surface area contributed by atoms with Gasteiger partial charge >= 0.3 is 5.97 Å². The van der Waals surface area contributed by atoms with Gasteiger partial charge in [0.25, 0.3) is 0 Å². The second-order valence-corrected chi connectivity index (χ2v) is 2.03. The third-order valence-electron chi connectivity index (χ3n) is 1.17. The summed E-state index contributed by atoms with van der Waals surface area (Å²) in [6, 6.07) is 0. The monoisotopic (exact) mass is 152 g/mol. The van der Waals surface area contributed by atoms with E-state index in [1.165, 1.54) is 0 Å². The van der Waals surface area contributed by atoms with Gasteiger partial charge < -0.3 is 5.11 Å². The molecule has 0 saturated carbocycles. The van der Waals surface area contributed by atoms with E-state index in [0.717, 1.165) is 5.57 Å². The first-order chi connectivity index (χ1) is 5.20. The van der Waals surface area contributed by atoms with E-state index in [1.807, 2.05) is 6.92 Å². The number of carboxylic acid groups (broad SMARTS) is 1. The molecule has 0 heterocycles. The van der Waals surface area contributed by atoms with Gasteiger partial charge in [0.05, 0.1) is 6.42 Å². The van der Waals surface area contributed by atoms with Crippen molar-refractivity contribution >= 4 is 5.97 Å². The summed E-state index contributed by atoms with van der Waals surface area (Å²) in [4.78, 5) is 10.2. The van der Waals surface area contributed by atoms with Crippen LogP contribution in [0.1, 0.15) is 13.3 Å². The molecular formula is C9H12O2. The summed E-state index contributed by atoms with van der Waals surface area (Å²) in [5.74, 6) is -0.813. The van der Waals surface area contributed by atoms with Gasteiger partial charge in [0, 0.05) is 0 Å². The first-order valence-corrected chi connectivity index (χ1v) is 3.36. The van der Waals surface area contributed by atoms with E-state index in [9.17, 15) is 4.79 Å². The lowest BCUT2D eigenvalue weighted by atomic mass is 10.1. The van der Waals surface area contributed by atoms with E-state index in [-0.39, 0.29) is 6.42 Å². The Kier molecular flexibility index (Phi) is 4.82.